The first kappa shape index (κ1) is 20.1. The lowest BCUT2D eigenvalue weighted by molar-refractivity contribution is -0.133. The van der Waals surface area contributed by atoms with Gasteiger partial charge in [0, 0.05) is 12.0 Å². The molecule has 1 N–H and O–H groups in total. The van der Waals surface area contributed by atoms with Crippen molar-refractivity contribution < 1.29 is 23.1 Å². The van der Waals surface area contributed by atoms with Crippen LogP contribution in [0.4, 0.5) is 13.2 Å². The van der Waals surface area contributed by atoms with Crippen molar-refractivity contribution in [2.24, 2.45) is 0 Å². The maximum Gasteiger partial charge on any atom is 0.426 e. The van der Waals surface area contributed by atoms with Crippen LogP contribution in [-0.4, -0.2) is 10.9 Å². The fourth-order valence-corrected chi connectivity index (χ4v) is 4.16. The number of carbonyl (C=O) groups excluding carboxylic acids is 1. The normalized spacial score (nSPS) is 11.6. The van der Waals surface area contributed by atoms with Gasteiger partial charge >= 0.3 is 6.18 Å². The molecule has 0 saturated carbocycles. The summed E-state index contributed by atoms with van der Waals surface area (Å²) in [5, 5.41) is 9.83. The Morgan fingerprint density at radius 2 is 1.64 bits per heavy atom. The monoisotopic (exact) mass is 404 g/mol. The molecule has 2 aromatic carbocycles. The van der Waals surface area contributed by atoms with E-state index in [1.54, 1.807) is 56.3 Å². The maximum atomic E-state index is 13.5. The number of rotatable bonds is 5. The van der Waals surface area contributed by atoms with E-state index in [1.165, 1.54) is 6.07 Å². The van der Waals surface area contributed by atoms with Crippen LogP contribution >= 0.6 is 11.3 Å². The van der Waals surface area contributed by atoms with Gasteiger partial charge in [0.05, 0.1) is 4.88 Å². The largest absolute Gasteiger partial charge is 0.507 e. The van der Waals surface area contributed by atoms with Crippen molar-refractivity contribution in [2.45, 2.75) is 32.9 Å². The summed E-state index contributed by atoms with van der Waals surface area (Å²) in [4.78, 5) is 11.9. The van der Waals surface area contributed by atoms with Crippen molar-refractivity contribution in [3.05, 3.63) is 75.0 Å². The summed E-state index contributed by atoms with van der Waals surface area (Å²) in [6.07, 6.45) is -4.00. The van der Waals surface area contributed by atoms with Gasteiger partial charge in [0.15, 0.2) is 5.78 Å². The predicted octanol–water partition coefficient (Wildman–Crippen LogP) is 6.57. The Labute approximate surface area is 165 Å². The van der Waals surface area contributed by atoms with E-state index in [4.69, 9.17) is 0 Å². The minimum atomic E-state index is -4.51. The van der Waals surface area contributed by atoms with Gasteiger partial charge < -0.3 is 5.11 Å². The first-order valence-corrected chi connectivity index (χ1v) is 9.57. The number of carbonyl (C=O) groups is 1. The number of phenols is 1. The molecule has 146 valence electrons. The molecule has 0 aliphatic carbocycles. The topological polar surface area (TPSA) is 37.3 Å². The number of benzene rings is 2. The van der Waals surface area contributed by atoms with E-state index in [1.807, 2.05) is 0 Å². The number of thiophene rings is 1. The zero-order chi connectivity index (χ0) is 20.5. The van der Waals surface area contributed by atoms with Gasteiger partial charge in [-0.25, -0.2) is 0 Å². The Morgan fingerprint density at radius 1 is 1.04 bits per heavy atom. The maximum absolute atomic E-state index is 13.5. The molecule has 0 aliphatic heterocycles. The summed E-state index contributed by atoms with van der Waals surface area (Å²) >= 11 is 0.499. The Morgan fingerprint density at radius 3 is 2.21 bits per heavy atom. The lowest BCUT2D eigenvalue weighted by atomic mass is 10.0. The van der Waals surface area contributed by atoms with Gasteiger partial charge in [-0.2, -0.15) is 13.2 Å². The van der Waals surface area contributed by atoms with Crippen LogP contribution in [0.25, 0.3) is 11.1 Å². The average molecular weight is 404 g/mol. The van der Waals surface area contributed by atoms with Gasteiger partial charge in [-0.05, 0) is 48.6 Å². The number of halogens is 3. The molecule has 28 heavy (non-hydrogen) atoms. The molecule has 0 radical (unpaired) electrons. The van der Waals surface area contributed by atoms with Crippen molar-refractivity contribution in [2.75, 3.05) is 0 Å². The zero-order valence-corrected chi connectivity index (χ0v) is 16.2. The third-order valence-electron chi connectivity index (χ3n) is 4.54. The van der Waals surface area contributed by atoms with E-state index < -0.39 is 11.1 Å². The van der Waals surface area contributed by atoms with Gasteiger partial charge in [0.25, 0.3) is 0 Å². The lowest BCUT2D eigenvalue weighted by Gasteiger charge is -2.07. The van der Waals surface area contributed by atoms with Crippen LogP contribution in [0.15, 0.2) is 48.5 Å². The molecule has 0 unspecified atom stereocenters. The summed E-state index contributed by atoms with van der Waals surface area (Å²) in [6, 6.07) is 13.2. The van der Waals surface area contributed by atoms with E-state index in [0.717, 1.165) is 5.56 Å². The van der Waals surface area contributed by atoms with Crippen LogP contribution in [-0.2, 0) is 12.6 Å². The number of Topliss-reactive ketones (excluding diaryl/α,β-unsaturated/α-hetero) is 1. The lowest BCUT2D eigenvalue weighted by Crippen LogP contribution is -2.03. The van der Waals surface area contributed by atoms with Gasteiger partial charge in [-0.3, -0.25) is 4.79 Å². The molecular weight excluding hydrogens is 385 g/mol. The Kier molecular flexibility index (Phi) is 5.61. The molecule has 0 saturated heterocycles. The van der Waals surface area contributed by atoms with Crippen molar-refractivity contribution in [3.63, 3.8) is 0 Å². The van der Waals surface area contributed by atoms with Crippen molar-refractivity contribution in [3.8, 4) is 16.9 Å². The van der Waals surface area contributed by atoms with Gasteiger partial charge in [-0.15, -0.1) is 11.3 Å². The number of aromatic hydroxyl groups is 1. The van der Waals surface area contributed by atoms with Crippen molar-refractivity contribution in [1.29, 1.82) is 0 Å². The number of phenolic OH excluding ortho intramolecular Hbond substituents is 1. The first-order chi connectivity index (χ1) is 13.2. The second-order valence-corrected chi connectivity index (χ2v) is 7.77. The predicted molar refractivity (Wildman–Crippen MR) is 105 cm³/mol. The first-order valence-electron chi connectivity index (χ1n) is 8.75. The third kappa shape index (κ3) is 4.28. The fourth-order valence-electron chi connectivity index (χ4n) is 3.14. The van der Waals surface area contributed by atoms with E-state index >= 15 is 0 Å². The number of hydrogen-bond donors (Lipinski definition) is 1. The minimum Gasteiger partial charge on any atom is -0.507 e. The molecular formula is C22H19F3O2S. The second kappa shape index (κ2) is 7.80. The molecule has 1 aromatic heterocycles. The number of alkyl halides is 3. The van der Waals surface area contributed by atoms with Crippen LogP contribution < -0.4 is 0 Å². The van der Waals surface area contributed by atoms with E-state index in [-0.39, 0.29) is 28.4 Å². The molecule has 0 fully saturated rings. The number of hydrogen-bond acceptors (Lipinski definition) is 3. The van der Waals surface area contributed by atoms with Crippen molar-refractivity contribution in [1.82, 2.24) is 0 Å². The summed E-state index contributed by atoms with van der Waals surface area (Å²) in [5.41, 5.74) is 2.78. The Balaban J connectivity index is 1.85. The van der Waals surface area contributed by atoms with Crippen LogP contribution in [0.5, 0.6) is 5.75 Å². The van der Waals surface area contributed by atoms with E-state index in [0.29, 0.717) is 34.4 Å². The van der Waals surface area contributed by atoms with Crippen LogP contribution in [0.3, 0.4) is 0 Å². The second-order valence-electron chi connectivity index (χ2n) is 6.72. The SMILES string of the molecule is Cc1cc(CCC(=O)c2cc(-c3ccccc3)c(C(F)(F)F)s2)cc(C)c1O. The third-order valence-corrected chi connectivity index (χ3v) is 5.76. The highest BCUT2D eigenvalue weighted by Gasteiger charge is 2.37. The zero-order valence-electron chi connectivity index (χ0n) is 15.4. The molecule has 3 rings (SSSR count). The molecule has 0 aliphatic rings. The summed E-state index contributed by atoms with van der Waals surface area (Å²) < 4.78 is 40.4. The minimum absolute atomic E-state index is 0.0396. The Hall–Kier alpha value is -2.60. The molecule has 0 bridgehead atoms. The molecule has 0 spiro atoms. The molecule has 1 heterocycles. The van der Waals surface area contributed by atoms with Gasteiger partial charge in [-0.1, -0.05) is 42.5 Å². The quantitative estimate of drug-likeness (QED) is 0.488. The van der Waals surface area contributed by atoms with Crippen LogP contribution in [0.1, 0.15) is 37.7 Å². The highest BCUT2D eigenvalue weighted by Crippen LogP contribution is 2.43. The fraction of sp³-hybridized carbons (Fsp3) is 0.227. The van der Waals surface area contributed by atoms with E-state index in [2.05, 4.69) is 0 Å². The smallest absolute Gasteiger partial charge is 0.426 e. The standard InChI is InChI=1S/C22H19F3O2S/c1-13-10-15(11-14(2)20(13)27)8-9-18(26)19-12-17(16-6-4-3-5-7-16)21(28-19)22(23,24)25/h3-7,10-12,27H,8-9H2,1-2H3. The highest BCUT2D eigenvalue weighted by molar-refractivity contribution is 7.14. The highest BCUT2D eigenvalue weighted by atomic mass is 32.1. The number of aryl methyl sites for hydroxylation is 3. The number of ketones is 1. The summed E-state index contributed by atoms with van der Waals surface area (Å²) in [7, 11) is 0. The summed E-state index contributed by atoms with van der Waals surface area (Å²) in [6.45, 7) is 3.54. The molecule has 2 nitrogen and oxygen atoms in total. The van der Waals surface area contributed by atoms with Gasteiger partial charge in [0.1, 0.15) is 10.6 Å². The molecule has 0 amide bonds. The molecule has 0 atom stereocenters. The van der Waals surface area contributed by atoms with Gasteiger partial charge in [0.2, 0.25) is 0 Å². The van der Waals surface area contributed by atoms with Crippen molar-refractivity contribution >= 4 is 17.1 Å². The molecule has 6 heteroatoms. The average Bonchev–Trinajstić information content (AvgIpc) is 3.11. The van der Waals surface area contributed by atoms with Crippen LogP contribution in [0.2, 0.25) is 0 Å². The summed E-state index contributed by atoms with van der Waals surface area (Å²) in [5.74, 6) is -0.100. The Bertz CT molecular complexity index is 981. The molecule has 3 aromatic rings. The van der Waals surface area contributed by atoms with E-state index in [9.17, 15) is 23.1 Å². The van der Waals surface area contributed by atoms with Crippen LogP contribution in [0, 0.1) is 13.8 Å².